The molecule has 1 atom stereocenters. The van der Waals surface area contributed by atoms with Gasteiger partial charge in [-0.2, -0.15) is 0 Å². The smallest absolute Gasteiger partial charge is 0.269 e. The number of carbonyl (C=O) groups excluding carboxylic acids is 2. The maximum atomic E-state index is 13.7. The van der Waals surface area contributed by atoms with Crippen molar-refractivity contribution in [2.45, 2.75) is 18.5 Å². The Morgan fingerprint density at radius 1 is 0.757 bits per heavy atom. The van der Waals surface area contributed by atoms with Crippen LogP contribution in [0.15, 0.2) is 109 Å². The highest BCUT2D eigenvalue weighted by molar-refractivity contribution is 5.93. The second-order valence-corrected chi connectivity index (χ2v) is 8.43. The lowest BCUT2D eigenvalue weighted by molar-refractivity contribution is -0.384. The van der Waals surface area contributed by atoms with Gasteiger partial charge in [-0.3, -0.25) is 19.7 Å². The van der Waals surface area contributed by atoms with Gasteiger partial charge < -0.3 is 15.7 Å². The van der Waals surface area contributed by atoms with Crippen LogP contribution in [0, 0.1) is 10.1 Å². The van der Waals surface area contributed by atoms with Gasteiger partial charge in [0.25, 0.3) is 5.69 Å². The summed E-state index contributed by atoms with van der Waals surface area (Å²) in [6.45, 7) is 0.140. The topological polar surface area (TPSA) is 122 Å². The quantitative estimate of drug-likeness (QED) is 0.231. The molecule has 8 heteroatoms. The van der Waals surface area contributed by atoms with Crippen LogP contribution in [0.4, 0.5) is 5.69 Å². The van der Waals surface area contributed by atoms with Gasteiger partial charge in [0, 0.05) is 18.7 Å². The molecule has 4 aromatic rings. The molecule has 0 aliphatic heterocycles. The number of hydrogen-bond acceptors (Lipinski definition) is 5. The number of benzene rings is 4. The van der Waals surface area contributed by atoms with Crippen LogP contribution in [0.3, 0.4) is 0 Å². The number of hydrogen-bond donors (Lipinski definition) is 3. The van der Waals surface area contributed by atoms with Crippen LogP contribution < -0.4 is 10.6 Å². The zero-order chi connectivity index (χ0) is 26.2. The molecule has 0 spiro atoms. The molecule has 0 heterocycles. The number of nitro benzene ring substituents is 1. The van der Waals surface area contributed by atoms with Crippen molar-refractivity contribution in [3.63, 3.8) is 0 Å². The SMILES string of the molecule is O=C(NCc1ccc(O)cc1)C(NC(=O)C(c1ccccc1)c1ccccc1)c1cccc([N+](=O)[O-])c1. The van der Waals surface area contributed by atoms with Gasteiger partial charge in [-0.05, 0) is 34.4 Å². The highest BCUT2D eigenvalue weighted by Gasteiger charge is 2.29. The Balaban J connectivity index is 1.65. The summed E-state index contributed by atoms with van der Waals surface area (Å²) in [5.41, 5.74) is 2.32. The molecule has 3 N–H and O–H groups in total. The molecule has 0 aromatic heterocycles. The molecular weight excluding hydrogens is 470 g/mol. The van der Waals surface area contributed by atoms with Gasteiger partial charge in [0.15, 0.2) is 0 Å². The van der Waals surface area contributed by atoms with Crippen molar-refractivity contribution in [3.8, 4) is 5.75 Å². The Morgan fingerprint density at radius 2 is 1.32 bits per heavy atom. The molecule has 2 amide bonds. The van der Waals surface area contributed by atoms with Crippen LogP contribution in [-0.4, -0.2) is 21.8 Å². The fraction of sp³-hybridized carbons (Fsp3) is 0.103. The molecule has 186 valence electrons. The molecule has 0 aliphatic carbocycles. The first-order chi connectivity index (χ1) is 17.9. The third kappa shape index (κ3) is 6.37. The molecule has 0 bridgehead atoms. The van der Waals surface area contributed by atoms with E-state index in [9.17, 15) is 24.8 Å². The van der Waals surface area contributed by atoms with Crippen molar-refractivity contribution in [2.24, 2.45) is 0 Å². The Morgan fingerprint density at radius 3 is 1.89 bits per heavy atom. The first-order valence-electron chi connectivity index (χ1n) is 11.6. The van der Waals surface area contributed by atoms with Crippen LogP contribution in [0.25, 0.3) is 0 Å². The van der Waals surface area contributed by atoms with Crippen LogP contribution in [0.1, 0.15) is 34.2 Å². The Kier molecular flexibility index (Phi) is 7.90. The third-order valence-electron chi connectivity index (χ3n) is 5.89. The first-order valence-corrected chi connectivity index (χ1v) is 11.6. The molecule has 4 aromatic carbocycles. The number of nitrogens with zero attached hydrogens (tertiary/aromatic N) is 1. The Labute approximate surface area is 213 Å². The van der Waals surface area contributed by atoms with Gasteiger partial charge in [0.05, 0.1) is 10.8 Å². The summed E-state index contributed by atoms with van der Waals surface area (Å²) in [6.07, 6.45) is 0. The second-order valence-electron chi connectivity index (χ2n) is 8.43. The van der Waals surface area contributed by atoms with E-state index in [1.165, 1.54) is 30.3 Å². The van der Waals surface area contributed by atoms with Crippen LogP contribution in [0.5, 0.6) is 5.75 Å². The van der Waals surface area contributed by atoms with Crippen molar-refractivity contribution in [2.75, 3.05) is 0 Å². The van der Waals surface area contributed by atoms with E-state index in [0.717, 1.165) is 16.7 Å². The molecule has 37 heavy (non-hydrogen) atoms. The predicted octanol–water partition coefficient (Wildman–Crippen LogP) is 4.61. The van der Waals surface area contributed by atoms with Gasteiger partial charge in [0.1, 0.15) is 11.8 Å². The molecule has 4 rings (SSSR count). The number of phenolic OH excluding ortho intramolecular Hbond substituents is 1. The summed E-state index contributed by atoms with van der Waals surface area (Å²) in [7, 11) is 0. The monoisotopic (exact) mass is 495 g/mol. The highest BCUT2D eigenvalue weighted by atomic mass is 16.6. The average molecular weight is 496 g/mol. The summed E-state index contributed by atoms with van der Waals surface area (Å²) in [6, 6.07) is 29.2. The molecule has 8 nitrogen and oxygen atoms in total. The number of amides is 2. The molecule has 1 unspecified atom stereocenters. The fourth-order valence-electron chi connectivity index (χ4n) is 4.03. The fourth-order valence-corrected chi connectivity index (χ4v) is 4.03. The third-order valence-corrected chi connectivity index (χ3v) is 5.89. The lowest BCUT2D eigenvalue weighted by Crippen LogP contribution is -2.42. The van der Waals surface area contributed by atoms with E-state index in [4.69, 9.17) is 0 Å². The number of rotatable bonds is 9. The zero-order valence-corrected chi connectivity index (χ0v) is 19.8. The number of nitro groups is 1. The molecule has 0 fully saturated rings. The molecule has 0 saturated carbocycles. The van der Waals surface area contributed by atoms with Gasteiger partial charge in [-0.1, -0.05) is 84.9 Å². The molecule has 0 aliphatic rings. The normalized spacial score (nSPS) is 11.5. The predicted molar refractivity (Wildman–Crippen MR) is 139 cm³/mol. The summed E-state index contributed by atoms with van der Waals surface area (Å²) < 4.78 is 0. The second kappa shape index (κ2) is 11.6. The van der Waals surface area contributed by atoms with E-state index in [1.807, 2.05) is 60.7 Å². The van der Waals surface area contributed by atoms with Crippen molar-refractivity contribution >= 4 is 17.5 Å². The Bertz CT molecular complexity index is 1340. The highest BCUT2D eigenvalue weighted by Crippen LogP contribution is 2.27. The van der Waals surface area contributed by atoms with E-state index >= 15 is 0 Å². The van der Waals surface area contributed by atoms with E-state index in [1.54, 1.807) is 18.2 Å². The lowest BCUT2D eigenvalue weighted by Gasteiger charge is -2.23. The van der Waals surface area contributed by atoms with Crippen LogP contribution in [0.2, 0.25) is 0 Å². The van der Waals surface area contributed by atoms with Crippen molar-refractivity contribution < 1.29 is 19.6 Å². The largest absolute Gasteiger partial charge is 0.508 e. The zero-order valence-electron chi connectivity index (χ0n) is 19.8. The summed E-state index contributed by atoms with van der Waals surface area (Å²) in [5, 5.41) is 26.5. The first kappa shape index (κ1) is 25.1. The lowest BCUT2D eigenvalue weighted by atomic mass is 9.90. The Hall–Kier alpha value is -4.98. The summed E-state index contributed by atoms with van der Waals surface area (Å²) in [4.78, 5) is 37.9. The maximum absolute atomic E-state index is 13.7. The summed E-state index contributed by atoms with van der Waals surface area (Å²) >= 11 is 0. The van der Waals surface area contributed by atoms with E-state index in [2.05, 4.69) is 10.6 Å². The van der Waals surface area contributed by atoms with Gasteiger partial charge in [-0.25, -0.2) is 0 Å². The van der Waals surface area contributed by atoms with Crippen molar-refractivity contribution in [3.05, 3.63) is 142 Å². The van der Waals surface area contributed by atoms with E-state index in [-0.39, 0.29) is 23.5 Å². The summed E-state index contributed by atoms with van der Waals surface area (Å²) in [5.74, 6) is -1.55. The minimum absolute atomic E-state index is 0.102. The molecule has 0 saturated heterocycles. The van der Waals surface area contributed by atoms with Crippen LogP contribution in [-0.2, 0) is 16.1 Å². The van der Waals surface area contributed by atoms with Crippen molar-refractivity contribution in [1.29, 1.82) is 0 Å². The minimum atomic E-state index is -1.18. The average Bonchev–Trinajstić information content (AvgIpc) is 2.92. The van der Waals surface area contributed by atoms with E-state index in [0.29, 0.717) is 0 Å². The van der Waals surface area contributed by atoms with Gasteiger partial charge in [-0.15, -0.1) is 0 Å². The molecule has 0 radical (unpaired) electrons. The van der Waals surface area contributed by atoms with Gasteiger partial charge >= 0.3 is 0 Å². The van der Waals surface area contributed by atoms with Gasteiger partial charge in [0.2, 0.25) is 11.8 Å². The maximum Gasteiger partial charge on any atom is 0.269 e. The number of carbonyl (C=O) groups is 2. The number of nitrogens with one attached hydrogen (secondary N) is 2. The number of phenols is 1. The number of non-ortho nitro benzene ring substituents is 1. The minimum Gasteiger partial charge on any atom is -0.508 e. The molecular formula is C29H25N3O5. The van der Waals surface area contributed by atoms with Crippen LogP contribution >= 0.6 is 0 Å². The number of aromatic hydroxyl groups is 1. The van der Waals surface area contributed by atoms with E-state index < -0.39 is 28.7 Å². The van der Waals surface area contributed by atoms with Crippen molar-refractivity contribution in [1.82, 2.24) is 10.6 Å². The standard InChI is InChI=1S/C29H25N3O5/c33-25-16-14-20(15-17-25)19-30-29(35)27(23-12-7-13-24(18-23)32(36)37)31-28(34)26(21-8-3-1-4-9-21)22-10-5-2-6-11-22/h1-18,26-27,33H,19H2,(H,30,35)(H,31,34).